The van der Waals surface area contributed by atoms with Crippen molar-refractivity contribution in [1.82, 2.24) is 9.97 Å². The van der Waals surface area contributed by atoms with Crippen LogP contribution in [0.15, 0.2) is 76.3 Å². The van der Waals surface area contributed by atoms with E-state index in [1.165, 1.54) is 5.56 Å². The van der Waals surface area contributed by atoms with Crippen molar-refractivity contribution in [3.8, 4) is 0 Å². The molecular formula is C23H20BrN3O. The summed E-state index contributed by atoms with van der Waals surface area (Å²) in [4.78, 5) is 18.7. The number of halogens is 1. The second-order valence-electron chi connectivity index (χ2n) is 6.70. The van der Waals surface area contributed by atoms with E-state index < -0.39 is 0 Å². The minimum atomic E-state index is -0.0912. The van der Waals surface area contributed by atoms with E-state index >= 15 is 0 Å². The van der Waals surface area contributed by atoms with Crippen LogP contribution >= 0.6 is 15.9 Å². The summed E-state index contributed by atoms with van der Waals surface area (Å²) >= 11 is 3.64. The summed E-state index contributed by atoms with van der Waals surface area (Å²) in [5, 5.41) is 5.67. The van der Waals surface area contributed by atoms with Gasteiger partial charge in [-0.25, -0.2) is 4.98 Å². The molecule has 2 aromatic heterocycles. The maximum absolute atomic E-state index is 11.3. The number of nitrogens with zero attached hydrogens (tertiary/aromatic N) is 1. The van der Waals surface area contributed by atoms with E-state index in [2.05, 4.69) is 68.5 Å². The lowest BCUT2D eigenvalue weighted by atomic mass is 10.0. The Hall–Kier alpha value is -2.92. The molecule has 0 aliphatic carbocycles. The third-order valence-corrected chi connectivity index (χ3v) is 5.56. The number of H-pyrrole nitrogens is 1. The average molecular weight is 434 g/mol. The minimum absolute atomic E-state index is 0.0912. The Balaban J connectivity index is 1.70. The highest BCUT2D eigenvalue weighted by atomic mass is 79.9. The fourth-order valence-electron chi connectivity index (χ4n) is 3.31. The molecule has 0 bridgehead atoms. The maximum atomic E-state index is 11.3. The van der Waals surface area contributed by atoms with Gasteiger partial charge >= 0.3 is 0 Å². The van der Waals surface area contributed by atoms with Gasteiger partial charge in [-0.2, -0.15) is 0 Å². The number of aromatic amines is 1. The fourth-order valence-corrected chi connectivity index (χ4v) is 3.97. The first kappa shape index (κ1) is 18.4. The normalized spacial score (nSPS) is 10.9. The zero-order valence-corrected chi connectivity index (χ0v) is 17.1. The molecule has 140 valence electrons. The highest BCUT2D eigenvalue weighted by Gasteiger charge is 2.09. The van der Waals surface area contributed by atoms with Crippen molar-refractivity contribution in [2.45, 2.75) is 19.8 Å². The Morgan fingerprint density at radius 1 is 1.04 bits per heavy atom. The number of fused-ring (bicyclic) bond motifs is 1. The summed E-state index contributed by atoms with van der Waals surface area (Å²) in [5.74, 6) is 0.831. The van der Waals surface area contributed by atoms with E-state index in [0.717, 1.165) is 44.3 Å². The Morgan fingerprint density at radius 2 is 1.86 bits per heavy atom. The molecule has 0 aliphatic rings. The quantitative estimate of drug-likeness (QED) is 0.431. The lowest BCUT2D eigenvalue weighted by molar-refractivity contribution is 1.11. The molecule has 5 heteroatoms. The van der Waals surface area contributed by atoms with E-state index in [1.54, 1.807) is 12.3 Å². The average Bonchev–Trinajstić information content (AvgIpc) is 2.71. The predicted molar refractivity (Wildman–Crippen MR) is 118 cm³/mol. The van der Waals surface area contributed by atoms with Crippen molar-refractivity contribution < 1.29 is 0 Å². The molecule has 28 heavy (non-hydrogen) atoms. The third-order valence-electron chi connectivity index (χ3n) is 4.82. The van der Waals surface area contributed by atoms with Crippen LogP contribution in [0.2, 0.25) is 0 Å². The van der Waals surface area contributed by atoms with E-state index in [0.29, 0.717) is 6.42 Å². The van der Waals surface area contributed by atoms with Crippen LogP contribution in [0.1, 0.15) is 23.6 Å². The highest BCUT2D eigenvalue weighted by molar-refractivity contribution is 9.10. The van der Waals surface area contributed by atoms with Gasteiger partial charge in [0.25, 0.3) is 0 Å². The summed E-state index contributed by atoms with van der Waals surface area (Å²) in [5.41, 5.74) is 4.35. The smallest absolute Gasteiger partial charge is 0.247 e. The standard InChI is InChI=1S/C23H20BrN3O/c1-2-16-8-9-18(12-21(16)24)27-23-20-6-4-3-5-19(20)17(14-26-23)11-15-7-10-22(28)25-13-15/h3-10,12-14H,2,11H2,1H3,(H,25,28)(H,26,27). The second kappa shape index (κ2) is 7.98. The molecule has 2 heterocycles. The second-order valence-corrected chi connectivity index (χ2v) is 7.55. The molecule has 2 aromatic carbocycles. The molecule has 0 unspecified atom stereocenters. The third kappa shape index (κ3) is 3.85. The molecule has 0 radical (unpaired) electrons. The van der Waals surface area contributed by atoms with Crippen molar-refractivity contribution in [1.29, 1.82) is 0 Å². The number of anilines is 2. The molecule has 0 fully saturated rings. The Bertz CT molecular complexity index is 1180. The van der Waals surface area contributed by atoms with Crippen LogP contribution in [0, 0.1) is 0 Å². The van der Waals surface area contributed by atoms with Gasteiger partial charge in [0.2, 0.25) is 5.56 Å². The van der Waals surface area contributed by atoms with E-state index in [-0.39, 0.29) is 5.56 Å². The fraction of sp³-hybridized carbons (Fsp3) is 0.130. The number of hydrogen-bond acceptors (Lipinski definition) is 3. The summed E-state index contributed by atoms with van der Waals surface area (Å²) < 4.78 is 1.10. The summed E-state index contributed by atoms with van der Waals surface area (Å²) in [7, 11) is 0. The Labute approximate surface area is 171 Å². The number of hydrogen-bond donors (Lipinski definition) is 2. The largest absolute Gasteiger partial charge is 0.340 e. The SMILES string of the molecule is CCc1ccc(Nc2ncc(Cc3ccc(=O)[nH]c3)c3ccccc23)cc1Br. The van der Waals surface area contributed by atoms with Crippen molar-refractivity contribution in [3.05, 3.63) is 98.5 Å². The zero-order valence-electron chi connectivity index (χ0n) is 15.5. The first-order valence-electron chi connectivity index (χ1n) is 9.23. The van der Waals surface area contributed by atoms with Crippen molar-refractivity contribution in [2.75, 3.05) is 5.32 Å². The van der Waals surface area contributed by atoms with Gasteiger partial charge in [-0.15, -0.1) is 0 Å². The predicted octanol–water partition coefficient (Wildman–Crippen LogP) is 5.58. The summed E-state index contributed by atoms with van der Waals surface area (Å²) in [6.45, 7) is 2.14. The number of nitrogens with one attached hydrogen (secondary N) is 2. The highest BCUT2D eigenvalue weighted by Crippen LogP contribution is 2.30. The number of aryl methyl sites for hydroxylation is 1. The topological polar surface area (TPSA) is 57.8 Å². The monoisotopic (exact) mass is 433 g/mol. The van der Waals surface area contributed by atoms with Crippen molar-refractivity contribution in [3.63, 3.8) is 0 Å². The number of benzene rings is 2. The van der Waals surface area contributed by atoms with Crippen LogP contribution in [0.3, 0.4) is 0 Å². The molecular weight excluding hydrogens is 414 g/mol. The Kier molecular flexibility index (Phi) is 5.26. The maximum Gasteiger partial charge on any atom is 0.247 e. The van der Waals surface area contributed by atoms with Gasteiger partial charge < -0.3 is 10.3 Å². The lowest BCUT2D eigenvalue weighted by Crippen LogP contribution is -2.04. The van der Waals surface area contributed by atoms with Crippen LogP contribution in [0.4, 0.5) is 11.5 Å². The van der Waals surface area contributed by atoms with Crippen LogP contribution in [-0.2, 0) is 12.8 Å². The molecule has 0 saturated heterocycles. The van der Waals surface area contributed by atoms with Gasteiger partial charge in [0.15, 0.2) is 0 Å². The lowest BCUT2D eigenvalue weighted by Gasteiger charge is -2.13. The van der Waals surface area contributed by atoms with E-state index in [1.807, 2.05) is 24.4 Å². The molecule has 4 nitrogen and oxygen atoms in total. The molecule has 4 aromatic rings. The van der Waals surface area contributed by atoms with Crippen molar-refractivity contribution in [2.24, 2.45) is 0 Å². The van der Waals surface area contributed by atoms with Gasteiger partial charge in [-0.1, -0.05) is 59.3 Å². The van der Waals surface area contributed by atoms with Crippen LogP contribution in [-0.4, -0.2) is 9.97 Å². The van der Waals surface area contributed by atoms with Crippen LogP contribution in [0.25, 0.3) is 10.8 Å². The van der Waals surface area contributed by atoms with Crippen LogP contribution < -0.4 is 10.9 Å². The van der Waals surface area contributed by atoms with E-state index in [4.69, 9.17) is 0 Å². The van der Waals surface area contributed by atoms with Gasteiger partial charge in [0.1, 0.15) is 5.82 Å². The molecule has 4 rings (SSSR count). The molecule has 0 atom stereocenters. The zero-order chi connectivity index (χ0) is 19.5. The van der Waals surface area contributed by atoms with Gasteiger partial charge in [-0.05, 0) is 40.6 Å². The molecule has 0 aliphatic heterocycles. The van der Waals surface area contributed by atoms with Gasteiger partial charge in [0, 0.05) is 40.4 Å². The van der Waals surface area contributed by atoms with Gasteiger partial charge in [-0.3, -0.25) is 4.79 Å². The number of rotatable bonds is 5. The van der Waals surface area contributed by atoms with Crippen molar-refractivity contribution >= 4 is 38.2 Å². The molecule has 2 N–H and O–H groups in total. The molecule has 0 saturated carbocycles. The molecule has 0 spiro atoms. The van der Waals surface area contributed by atoms with Gasteiger partial charge in [0.05, 0.1) is 0 Å². The minimum Gasteiger partial charge on any atom is -0.340 e. The van der Waals surface area contributed by atoms with Crippen LogP contribution in [0.5, 0.6) is 0 Å². The number of aromatic nitrogens is 2. The molecule has 0 amide bonds. The first-order valence-corrected chi connectivity index (χ1v) is 10.0. The number of pyridine rings is 2. The first-order chi connectivity index (χ1) is 13.6. The van der Waals surface area contributed by atoms with E-state index in [9.17, 15) is 4.79 Å². The Morgan fingerprint density at radius 3 is 2.57 bits per heavy atom. The summed E-state index contributed by atoms with van der Waals surface area (Å²) in [6.07, 6.45) is 5.37. The summed E-state index contributed by atoms with van der Waals surface area (Å²) in [6, 6.07) is 17.9.